The molecule has 0 atom stereocenters. The summed E-state index contributed by atoms with van der Waals surface area (Å²) in [5.41, 5.74) is 0.386. The highest BCUT2D eigenvalue weighted by atomic mass is 79.9. The molecule has 2 aromatic carbocycles. The first kappa shape index (κ1) is 18.6. The molecule has 24 heavy (non-hydrogen) atoms. The number of alkyl halides is 3. The van der Waals surface area contributed by atoms with Crippen molar-refractivity contribution in [3.63, 3.8) is 0 Å². The Balaban J connectivity index is 2.08. The maximum atomic E-state index is 13.0. The van der Waals surface area contributed by atoms with Crippen LogP contribution in [0.15, 0.2) is 40.9 Å². The van der Waals surface area contributed by atoms with Crippen LogP contribution in [0.3, 0.4) is 0 Å². The van der Waals surface area contributed by atoms with Gasteiger partial charge < -0.3 is 10.6 Å². The first-order valence-corrected chi connectivity index (χ1v) is 8.00. The first-order valence-electron chi connectivity index (χ1n) is 6.83. The van der Waals surface area contributed by atoms with Crippen LogP contribution in [0.2, 0.25) is 5.02 Å². The van der Waals surface area contributed by atoms with E-state index in [0.29, 0.717) is 5.69 Å². The van der Waals surface area contributed by atoms with Crippen LogP contribution in [0.1, 0.15) is 11.1 Å². The van der Waals surface area contributed by atoms with Gasteiger partial charge in [-0.15, -0.1) is 0 Å². The van der Waals surface area contributed by atoms with E-state index < -0.39 is 17.6 Å². The van der Waals surface area contributed by atoms with Gasteiger partial charge in [0.2, 0.25) is 5.91 Å². The van der Waals surface area contributed by atoms with E-state index in [4.69, 9.17) is 11.6 Å². The van der Waals surface area contributed by atoms with E-state index in [0.717, 1.165) is 22.2 Å². The standard InChI is InChI=1S/C16H13BrClF3N2O/c1-9-2-4-14(12(17)6-9)22-8-15(24)23-13-5-3-10(18)7-11(13)16(19,20)21/h2-7,22H,8H2,1H3,(H,23,24). The maximum absolute atomic E-state index is 13.0. The maximum Gasteiger partial charge on any atom is 0.418 e. The Hall–Kier alpha value is -1.73. The Morgan fingerprint density at radius 3 is 2.46 bits per heavy atom. The van der Waals surface area contributed by atoms with Crippen molar-refractivity contribution in [3.8, 4) is 0 Å². The van der Waals surface area contributed by atoms with Crippen molar-refractivity contribution < 1.29 is 18.0 Å². The van der Waals surface area contributed by atoms with Gasteiger partial charge in [0, 0.05) is 15.2 Å². The second kappa shape index (κ2) is 7.44. The highest BCUT2D eigenvalue weighted by molar-refractivity contribution is 9.10. The number of rotatable bonds is 4. The quantitative estimate of drug-likeness (QED) is 0.686. The molecule has 0 aliphatic carbocycles. The fraction of sp³-hybridized carbons (Fsp3) is 0.188. The molecule has 2 N–H and O–H groups in total. The zero-order chi connectivity index (χ0) is 17.9. The Labute approximate surface area is 150 Å². The molecule has 0 radical (unpaired) electrons. The number of nitrogens with one attached hydrogen (secondary N) is 2. The third-order valence-electron chi connectivity index (χ3n) is 3.13. The lowest BCUT2D eigenvalue weighted by Crippen LogP contribution is -2.23. The monoisotopic (exact) mass is 420 g/mol. The van der Waals surface area contributed by atoms with Crippen LogP contribution in [0.5, 0.6) is 0 Å². The van der Waals surface area contributed by atoms with Crippen molar-refractivity contribution in [2.75, 3.05) is 17.2 Å². The van der Waals surface area contributed by atoms with Crippen LogP contribution in [0.4, 0.5) is 24.5 Å². The van der Waals surface area contributed by atoms with Crippen molar-refractivity contribution in [3.05, 3.63) is 57.0 Å². The number of anilines is 2. The molecule has 3 nitrogen and oxygen atoms in total. The molecule has 128 valence electrons. The van der Waals surface area contributed by atoms with Crippen molar-refractivity contribution in [1.29, 1.82) is 0 Å². The number of benzene rings is 2. The number of hydrogen-bond donors (Lipinski definition) is 2. The summed E-state index contributed by atoms with van der Waals surface area (Å²) < 4.78 is 39.7. The lowest BCUT2D eigenvalue weighted by atomic mass is 10.1. The molecular weight excluding hydrogens is 409 g/mol. The molecule has 2 rings (SSSR count). The van der Waals surface area contributed by atoms with E-state index in [2.05, 4.69) is 26.6 Å². The van der Waals surface area contributed by atoms with Gasteiger partial charge >= 0.3 is 6.18 Å². The number of carbonyl (C=O) groups excluding carboxylic acids is 1. The third kappa shape index (κ3) is 4.88. The molecule has 0 bridgehead atoms. The van der Waals surface area contributed by atoms with Crippen LogP contribution in [-0.4, -0.2) is 12.5 Å². The molecule has 0 saturated carbocycles. The van der Waals surface area contributed by atoms with Gasteiger partial charge in [-0.05, 0) is 58.7 Å². The molecule has 0 saturated heterocycles. The predicted molar refractivity (Wildman–Crippen MR) is 92.5 cm³/mol. The molecule has 0 fully saturated rings. The second-order valence-electron chi connectivity index (χ2n) is 5.07. The summed E-state index contributed by atoms with van der Waals surface area (Å²) in [5.74, 6) is -0.602. The number of amides is 1. The van der Waals surface area contributed by atoms with Gasteiger partial charge in [-0.25, -0.2) is 0 Å². The van der Waals surface area contributed by atoms with E-state index in [1.807, 2.05) is 19.1 Å². The van der Waals surface area contributed by atoms with E-state index in [1.165, 1.54) is 6.07 Å². The van der Waals surface area contributed by atoms with Crippen LogP contribution >= 0.6 is 27.5 Å². The highest BCUT2D eigenvalue weighted by Crippen LogP contribution is 2.36. The van der Waals surface area contributed by atoms with Gasteiger partial charge in [0.1, 0.15) is 0 Å². The minimum Gasteiger partial charge on any atom is -0.375 e. The molecule has 0 heterocycles. The lowest BCUT2D eigenvalue weighted by Gasteiger charge is -2.15. The van der Waals surface area contributed by atoms with Gasteiger partial charge in [-0.1, -0.05) is 17.7 Å². The summed E-state index contributed by atoms with van der Waals surface area (Å²) in [5, 5.41) is 5.06. The van der Waals surface area contributed by atoms with E-state index in [1.54, 1.807) is 6.07 Å². The molecule has 2 aromatic rings. The smallest absolute Gasteiger partial charge is 0.375 e. The zero-order valence-electron chi connectivity index (χ0n) is 12.5. The fourth-order valence-electron chi connectivity index (χ4n) is 1.99. The third-order valence-corrected chi connectivity index (χ3v) is 4.02. The Morgan fingerprint density at radius 2 is 1.83 bits per heavy atom. The zero-order valence-corrected chi connectivity index (χ0v) is 14.8. The van der Waals surface area contributed by atoms with E-state index >= 15 is 0 Å². The van der Waals surface area contributed by atoms with E-state index in [9.17, 15) is 18.0 Å². The van der Waals surface area contributed by atoms with Crippen LogP contribution in [-0.2, 0) is 11.0 Å². The van der Waals surface area contributed by atoms with Crippen LogP contribution in [0, 0.1) is 6.92 Å². The summed E-state index contributed by atoms with van der Waals surface area (Å²) in [6.45, 7) is 1.74. The lowest BCUT2D eigenvalue weighted by molar-refractivity contribution is -0.137. The summed E-state index contributed by atoms with van der Waals surface area (Å²) in [6.07, 6.45) is -4.61. The average Bonchev–Trinajstić information content (AvgIpc) is 2.47. The van der Waals surface area contributed by atoms with Crippen molar-refractivity contribution >= 4 is 44.8 Å². The normalized spacial score (nSPS) is 11.2. The summed E-state index contributed by atoms with van der Waals surface area (Å²) in [6, 6.07) is 8.69. The van der Waals surface area contributed by atoms with Crippen LogP contribution < -0.4 is 10.6 Å². The number of carbonyl (C=O) groups is 1. The van der Waals surface area contributed by atoms with Crippen molar-refractivity contribution in [2.45, 2.75) is 13.1 Å². The topological polar surface area (TPSA) is 41.1 Å². The van der Waals surface area contributed by atoms with Gasteiger partial charge in [-0.3, -0.25) is 4.79 Å². The van der Waals surface area contributed by atoms with E-state index in [-0.39, 0.29) is 17.3 Å². The van der Waals surface area contributed by atoms with Gasteiger partial charge in [-0.2, -0.15) is 13.2 Å². The number of aryl methyl sites for hydroxylation is 1. The van der Waals surface area contributed by atoms with Gasteiger partial charge in [0.15, 0.2) is 0 Å². The molecule has 1 amide bonds. The van der Waals surface area contributed by atoms with Crippen molar-refractivity contribution in [2.24, 2.45) is 0 Å². The molecule has 0 aliphatic heterocycles. The number of halogens is 5. The molecule has 8 heteroatoms. The minimum atomic E-state index is -4.61. The highest BCUT2D eigenvalue weighted by Gasteiger charge is 2.34. The minimum absolute atomic E-state index is 0.0537. The SMILES string of the molecule is Cc1ccc(NCC(=O)Nc2ccc(Cl)cc2C(F)(F)F)c(Br)c1. The average molecular weight is 422 g/mol. The molecular formula is C16H13BrClF3N2O. The Morgan fingerprint density at radius 1 is 1.17 bits per heavy atom. The number of hydrogen-bond acceptors (Lipinski definition) is 2. The predicted octanol–water partition coefficient (Wildman–Crippen LogP) is 5.48. The van der Waals surface area contributed by atoms with Crippen LogP contribution in [0.25, 0.3) is 0 Å². The Bertz CT molecular complexity index is 765. The largest absolute Gasteiger partial charge is 0.418 e. The summed E-state index contributed by atoms with van der Waals surface area (Å²) >= 11 is 8.95. The van der Waals surface area contributed by atoms with Gasteiger partial charge in [0.05, 0.1) is 17.8 Å². The summed E-state index contributed by atoms with van der Waals surface area (Å²) in [7, 11) is 0. The van der Waals surface area contributed by atoms with Gasteiger partial charge in [0.25, 0.3) is 0 Å². The molecule has 0 aromatic heterocycles. The molecule has 0 unspecified atom stereocenters. The molecule has 0 spiro atoms. The molecule has 0 aliphatic rings. The fourth-order valence-corrected chi connectivity index (χ4v) is 2.80. The van der Waals surface area contributed by atoms with Crippen molar-refractivity contribution in [1.82, 2.24) is 0 Å². The Kier molecular flexibility index (Phi) is 5.77. The first-order chi connectivity index (χ1) is 11.2. The summed E-state index contributed by atoms with van der Waals surface area (Å²) in [4.78, 5) is 11.9. The second-order valence-corrected chi connectivity index (χ2v) is 6.36.